The van der Waals surface area contributed by atoms with Crippen molar-refractivity contribution in [3.8, 4) is 0 Å². The zero-order chi connectivity index (χ0) is 9.26. The Labute approximate surface area is 81.1 Å². The van der Waals surface area contributed by atoms with Crippen molar-refractivity contribution < 1.29 is 4.79 Å². The van der Waals surface area contributed by atoms with Gasteiger partial charge in [0.25, 0.3) is 5.91 Å². The number of carbonyl (C=O) groups excluding carboxylic acids is 1. The number of halogens is 1. The predicted molar refractivity (Wildman–Crippen MR) is 49.7 cm³/mol. The van der Waals surface area contributed by atoms with Crippen LogP contribution in [0.3, 0.4) is 0 Å². The molecule has 0 bridgehead atoms. The van der Waals surface area contributed by atoms with E-state index >= 15 is 0 Å². The Morgan fingerprint density at radius 2 is 2.38 bits per heavy atom. The molecule has 1 aliphatic rings. The summed E-state index contributed by atoms with van der Waals surface area (Å²) >= 11 is 5.65. The molecule has 0 aromatic carbocycles. The van der Waals surface area contributed by atoms with Crippen molar-refractivity contribution in [2.24, 2.45) is 0 Å². The Morgan fingerprint density at radius 1 is 1.62 bits per heavy atom. The summed E-state index contributed by atoms with van der Waals surface area (Å²) in [5.41, 5.74) is 0.576. The summed E-state index contributed by atoms with van der Waals surface area (Å²) < 4.78 is 0. The fourth-order valence-electron chi connectivity index (χ4n) is 1.04. The molecule has 1 aromatic heterocycles. The van der Waals surface area contributed by atoms with Crippen LogP contribution in [0, 0.1) is 0 Å². The zero-order valence-corrected chi connectivity index (χ0v) is 7.71. The minimum atomic E-state index is -0.0631. The molecular weight excluding hydrogens is 188 g/mol. The summed E-state index contributed by atoms with van der Waals surface area (Å²) in [5.74, 6) is -0.0631. The van der Waals surface area contributed by atoms with Gasteiger partial charge in [0.2, 0.25) is 0 Å². The lowest BCUT2D eigenvalue weighted by molar-refractivity contribution is 0.0951. The Balaban J connectivity index is 2.09. The van der Waals surface area contributed by atoms with E-state index in [0.29, 0.717) is 16.8 Å². The fraction of sp³-hybridized carbons (Fsp3) is 0.333. The van der Waals surface area contributed by atoms with Gasteiger partial charge in [-0.3, -0.25) is 4.79 Å². The third-order valence-corrected chi connectivity index (χ3v) is 2.11. The van der Waals surface area contributed by atoms with Crippen molar-refractivity contribution in [1.29, 1.82) is 0 Å². The lowest BCUT2D eigenvalue weighted by Gasteiger charge is -2.02. The number of hydrogen-bond donors (Lipinski definition) is 1. The molecule has 13 heavy (non-hydrogen) atoms. The Hall–Kier alpha value is -1.09. The van der Waals surface area contributed by atoms with Crippen LogP contribution >= 0.6 is 11.6 Å². The summed E-state index contributed by atoms with van der Waals surface area (Å²) in [6.07, 6.45) is 3.71. The average molecular weight is 197 g/mol. The molecule has 0 radical (unpaired) electrons. The monoisotopic (exact) mass is 196 g/mol. The largest absolute Gasteiger partial charge is 0.349 e. The fourth-order valence-corrected chi connectivity index (χ4v) is 1.21. The van der Waals surface area contributed by atoms with Crippen LogP contribution in [0.15, 0.2) is 18.3 Å². The van der Waals surface area contributed by atoms with E-state index in [1.165, 1.54) is 6.20 Å². The van der Waals surface area contributed by atoms with Gasteiger partial charge in [-0.1, -0.05) is 11.6 Å². The number of rotatable bonds is 2. The van der Waals surface area contributed by atoms with E-state index in [4.69, 9.17) is 11.6 Å². The van der Waals surface area contributed by atoms with Crippen molar-refractivity contribution in [3.05, 3.63) is 29.0 Å². The first-order valence-corrected chi connectivity index (χ1v) is 4.56. The third-order valence-electron chi connectivity index (χ3n) is 1.90. The molecule has 0 unspecified atom stereocenters. The number of nitrogens with zero attached hydrogens (tertiary/aromatic N) is 1. The molecule has 1 saturated carbocycles. The van der Waals surface area contributed by atoms with Crippen LogP contribution in [0.4, 0.5) is 0 Å². The zero-order valence-electron chi connectivity index (χ0n) is 6.96. The first-order chi connectivity index (χ1) is 6.25. The highest BCUT2D eigenvalue weighted by atomic mass is 35.5. The van der Waals surface area contributed by atoms with Crippen LogP contribution < -0.4 is 5.32 Å². The second kappa shape index (κ2) is 3.34. The number of hydrogen-bond acceptors (Lipinski definition) is 2. The molecule has 0 spiro atoms. The van der Waals surface area contributed by atoms with E-state index in [1.807, 2.05) is 0 Å². The average Bonchev–Trinajstić information content (AvgIpc) is 2.88. The third kappa shape index (κ3) is 2.18. The van der Waals surface area contributed by atoms with Crippen LogP contribution in [0.2, 0.25) is 5.15 Å². The maximum atomic E-state index is 11.4. The predicted octanol–water partition coefficient (Wildman–Crippen LogP) is 1.63. The van der Waals surface area contributed by atoms with Crippen molar-refractivity contribution in [2.45, 2.75) is 18.9 Å². The molecule has 4 heteroatoms. The number of amides is 1. The second-order valence-electron chi connectivity index (χ2n) is 3.11. The molecule has 0 aliphatic heterocycles. The van der Waals surface area contributed by atoms with E-state index in [9.17, 15) is 4.79 Å². The number of nitrogens with one attached hydrogen (secondary N) is 1. The molecular formula is C9H9ClN2O. The lowest BCUT2D eigenvalue weighted by atomic mass is 10.2. The Kier molecular flexibility index (Phi) is 2.19. The van der Waals surface area contributed by atoms with Gasteiger partial charge in [0, 0.05) is 17.8 Å². The number of pyridine rings is 1. The summed E-state index contributed by atoms with van der Waals surface area (Å²) in [6.45, 7) is 0. The highest BCUT2D eigenvalue weighted by Crippen LogP contribution is 2.19. The maximum Gasteiger partial charge on any atom is 0.251 e. The molecule has 68 valence electrons. The van der Waals surface area contributed by atoms with Crippen LogP contribution in [0.5, 0.6) is 0 Å². The molecule has 1 heterocycles. The van der Waals surface area contributed by atoms with Gasteiger partial charge in [-0.25, -0.2) is 4.98 Å². The summed E-state index contributed by atoms with van der Waals surface area (Å²) in [6, 6.07) is 3.60. The maximum absolute atomic E-state index is 11.4. The standard InChI is InChI=1S/C9H9ClN2O/c10-8-5-6(3-4-11-8)9(13)12-7-1-2-7/h3-5,7H,1-2H2,(H,12,13). The molecule has 3 nitrogen and oxygen atoms in total. The highest BCUT2D eigenvalue weighted by molar-refractivity contribution is 6.29. The molecule has 1 aromatic rings. The lowest BCUT2D eigenvalue weighted by Crippen LogP contribution is -2.25. The second-order valence-corrected chi connectivity index (χ2v) is 3.50. The first kappa shape index (κ1) is 8.51. The van der Waals surface area contributed by atoms with Gasteiger partial charge < -0.3 is 5.32 Å². The van der Waals surface area contributed by atoms with Gasteiger partial charge in [0.05, 0.1) is 0 Å². The smallest absolute Gasteiger partial charge is 0.251 e. The van der Waals surface area contributed by atoms with Crippen molar-refractivity contribution >= 4 is 17.5 Å². The van der Waals surface area contributed by atoms with Gasteiger partial charge in [-0.2, -0.15) is 0 Å². The summed E-state index contributed by atoms with van der Waals surface area (Å²) in [7, 11) is 0. The molecule has 1 amide bonds. The SMILES string of the molecule is O=C(NC1CC1)c1ccnc(Cl)c1. The van der Waals surface area contributed by atoms with E-state index in [-0.39, 0.29) is 5.91 Å². The van der Waals surface area contributed by atoms with Gasteiger partial charge in [-0.15, -0.1) is 0 Å². The topological polar surface area (TPSA) is 42.0 Å². The minimum absolute atomic E-state index is 0.0631. The van der Waals surface area contributed by atoms with Crippen LogP contribution in [-0.2, 0) is 0 Å². The van der Waals surface area contributed by atoms with Crippen LogP contribution in [-0.4, -0.2) is 16.9 Å². The molecule has 1 N–H and O–H groups in total. The van der Waals surface area contributed by atoms with Gasteiger partial charge in [0.1, 0.15) is 5.15 Å². The van der Waals surface area contributed by atoms with E-state index in [2.05, 4.69) is 10.3 Å². The highest BCUT2D eigenvalue weighted by Gasteiger charge is 2.23. The molecule has 0 atom stereocenters. The first-order valence-electron chi connectivity index (χ1n) is 4.18. The van der Waals surface area contributed by atoms with Crippen molar-refractivity contribution in [2.75, 3.05) is 0 Å². The molecule has 0 saturated heterocycles. The summed E-state index contributed by atoms with van der Waals surface area (Å²) in [5, 5.41) is 3.22. The van der Waals surface area contributed by atoms with E-state index < -0.39 is 0 Å². The van der Waals surface area contributed by atoms with Crippen molar-refractivity contribution in [3.63, 3.8) is 0 Å². The van der Waals surface area contributed by atoms with Gasteiger partial charge in [-0.05, 0) is 25.0 Å². The van der Waals surface area contributed by atoms with Crippen LogP contribution in [0.1, 0.15) is 23.2 Å². The minimum Gasteiger partial charge on any atom is -0.349 e. The Morgan fingerprint density at radius 3 is 3.00 bits per heavy atom. The van der Waals surface area contributed by atoms with E-state index in [1.54, 1.807) is 12.1 Å². The molecule has 1 fully saturated rings. The molecule has 1 aliphatic carbocycles. The number of carbonyl (C=O) groups is 1. The van der Waals surface area contributed by atoms with Gasteiger partial charge >= 0.3 is 0 Å². The quantitative estimate of drug-likeness (QED) is 0.731. The number of aromatic nitrogens is 1. The normalized spacial score (nSPS) is 15.5. The van der Waals surface area contributed by atoms with Gasteiger partial charge in [0.15, 0.2) is 0 Å². The van der Waals surface area contributed by atoms with E-state index in [0.717, 1.165) is 12.8 Å². The van der Waals surface area contributed by atoms with Crippen molar-refractivity contribution in [1.82, 2.24) is 10.3 Å². The molecule has 2 rings (SSSR count). The summed E-state index contributed by atoms with van der Waals surface area (Å²) in [4.78, 5) is 15.3. The van der Waals surface area contributed by atoms with Crippen LogP contribution in [0.25, 0.3) is 0 Å². The Bertz CT molecular complexity index is 336.